The third-order valence-electron chi connectivity index (χ3n) is 4.93. The van der Waals surface area contributed by atoms with Crippen LogP contribution in [0.1, 0.15) is 0 Å². The van der Waals surface area contributed by atoms with Gasteiger partial charge >= 0.3 is 0 Å². The van der Waals surface area contributed by atoms with Crippen molar-refractivity contribution in [2.75, 3.05) is 0 Å². The summed E-state index contributed by atoms with van der Waals surface area (Å²) in [7, 11) is 0. The quantitative estimate of drug-likeness (QED) is 0.384. The fourth-order valence-electron chi connectivity index (χ4n) is 3.38. The Morgan fingerprint density at radius 3 is 1.17 bits per heavy atom. The highest BCUT2D eigenvalue weighted by molar-refractivity contribution is 5.74. The summed E-state index contributed by atoms with van der Waals surface area (Å²) >= 11 is 0. The molecule has 0 spiro atoms. The molecule has 0 aliphatic rings. The van der Waals surface area contributed by atoms with Crippen LogP contribution in [0.2, 0.25) is 0 Å². The van der Waals surface area contributed by atoms with Crippen LogP contribution in [-0.2, 0) is 0 Å². The second-order valence-corrected chi connectivity index (χ2v) is 6.87. The zero-order valence-electron chi connectivity index (χ0n) is 16.2. The van der Waals surface area contributed by atoms with E-state index in [1.165, 1.54) is 0 Å². The molecule has 0 unspecified atom stereocenters. The number of nitrogens with zero attached hydrogens (tertiary/aromatic N) is 4. The van der Waals surface area contributed by atoms with E-state index in [0.29, 0.717) is 0 Å². The van der Waals surface area contributed by atoms with Crippen molar-refractivity contribution in [1.29, 1.82) is 0 Å². The van der Waals surface area contributed by atoms with E-state index in [0.717, 1.165) is 45.0 Å². The topological polar surface area (TPSA) is 51.6 Å². The van der Waals surface area contributed by atoms with Gasteiger partial charge in [-0.25, -0.2) is 0 Å². The van der Waals surface area contributed by atoms with Crippen molar-refractivity contribution in [1.82, 2.24) is 19.9 Å². The van der Waals surface area contributed by atoms with Gasteiger partial charge in [0.1, 0.15) is 0 Å². The minimum Gasteiger partial charge on any atom is -0.255 e. The summed E-state index contributed by atoms with van der Waals surface area (Å²) in [5, 5.41) is 0. The molecule has 5 aromatic rings. The van der Waals surface area contributed by atoms with Crippen molar-refractivity contribution >= 4 is 0 Å². The summed E-state index contributed by atoms with van der Waals surface area (Å²) in [4.78, 5) is 17.7. The van der Waals surface area contributed by atoms with Gasteiger partial charge in [-0.1, -0.05) is 36.4 Å². The molecule has 4 aromatic heterocycles. The van der Waals surface area contributed by atoms with E-state index < -0.39 is 0 Å². The summed E-state index contributed by atoms with van der Waals surface area (Å²) in [5.74, 6) is 0. The molecule has 4 heterocycles. The van der Waals surface area contributed by atoms with Gasteiger partial charge in [-0.3, -0.25) is 19.9 Å². The molecule has 0 amide bonds. The van der Waals surface area contributed by atoms with Crippen molar-refractivity contribution in [3.63, 3.8) is 0 Å². The van der Waals surface area contributed by atoms with Crippen molar-refractivity contribution in [2.45, 2.75) is 0 Å². The smallest absolute Gasteiger partial charge is 0.0892 e. The summed E-state index contributed by atoms with van der Waals surface area (Å²) in [6.07, 6.45) is 7.23. The maximum Gasteiger partial charge on any atom is 0.0892 e. The largest absolute Gasteiger partial charge is 0.255 e. The van der Waals surface area contributed by atoms with Crippen LogP contribution in [0.5, 0.6) is 0 Å². The van der Waals surface area contributed by atoms with Crippen LogP contribution >= 0.6 is 0 Å². The molecule has 0 aliphatic heterocycles. The van der Waals surface area contributed by atoms with Gasteiger partial charge in [0.05, 0.1) is 22.8 Å². The van der Waals surface area contributed by atoms with E-state index in [2.05, 4.69) is 56.3 Å². The Hall–Kier alpha value is -4.18. The highest BCUT2D eigenvalue weighted by Gasteiger charge is 2.06. The van der Waals surface area contributed by atoms with Crippen LogP contribution in [0, 0.1) is 0 Å². The second kappa shape index (κ2) is 8.05. The lowest BCUT2D eigenvalue weighted by atomic mass is 10.00. The van der Waals surface area contributed by atoms with E-state index in [-0.39, 0.29) is 0 Å². The first-order valence-electron chi connectivity index (χ1n) is 9.72. The van der Waals surface area contributed by atoms with Gasteiger partial charge in [0.15, 0.2) is 0 Å². The van der Waals surface area contributed by atoms with Gasteiger partial charge in [-0.2, -0.15) is 0 Å². The zero-order valence-corrected chi connectivity index (χ0v) is 16.2. The van der Waals surface area contributed by atoms with Crippen LogP contribution in [0.4, 0.5) is 0 Å². The van der Waals surface area contributed by atoms with Gasteiger partial charge in [-0.05, 0) is 70.8 Å². The molecule has 0 bridgehead atoms. The maximum atomic E-state index is 4.46. The van der Waals surface area contributed by atoms with E-state index in [1.54, 1.807) is 12.4 Å². The van der Waals surface area contributed by atoms with Crippen LogP contribution < -0.4 is 0 Å². The first kappa shape index (κ1) is 17.9. The Morgan fingerprint density at radius 1 is 0.333 bits per heavy atom. The summed E-state index contributed by atoms with van der Waals surface area (Å²) in [6.45, 7) is 0. The molecule has 0 saturated carbocycles. The van der Waals surface area contributed by atoms with Crippen molar-refractivity contribution in [2.24, 2.45) is 0 Å². The first-order valence-corrected chi connectivity index (χ1v) is 9.72. The number of rotatable bonds is 4. The molecule has 142 valence electrons. The van der Waals surface area contributed by atoms with Gasteiger partial charge in [0.2, 0.25) is 0 Å². The number of pyridine rings is 4. The average molecular weight is 386 g/mol. The summed E-state index contributed by atoms with van der Waals surface area (Å²) < 4.78 is 0. The lowest BCUT2D eigenvalue weighted by Crippen LogP contribution is -1.89. The predicted octanol–water partition coefficient (Wildman–Crippen LogP) is 5.93. The Balaban J connectivity index is 1.44. The second-order valence-electron chi connectivity index (χ2n) is 6.87. The van der Waals surface area contributed by atoms with Crippen molar-refractivity contribution in [3.8, 4) is 45.0 Å². The zero-order chi connectivity index (χ0) is 20.2. The van der Waals surface area contributed by atoms with Crippen LogP contribution in [0.3, 0.4) is 0 Å². The minimum atomic E-state index is 0.867. The predicted molar refractivity (Wildman–Crippen MR) is 119 cm³/mol. The summed E-state index contributed by atoms with van der Waals surface area (Å²) in [6, 6.07) is 28.4. The maximum absolute atomic E-state index is 4.46. The molecular weight excluding hydrogens is 368 g/mol. The normalized spacial score (nSPS) is 10.7. The highest BCUT2D eigenvalue weighted by atomic mass is 14.8. The lowest BCUT2D eigenvalue weighted by molar-refractivity contribution is 1.25. The molecule has 0 radical (unpaired) electrons. The third-order valence-corrected chi connectivity index (χ3v) is 4.93. The molecule has 5 rings (SSSR count). The van der Waals surface area contributed by atoms with Gasteiger partial charge < -0.3 is 0 Å². The molecular formula is C26H18N4. The SMILES string of the molecule is c1ccc(-c2cc(-c3ccc(-c4ccnc(-c5ccccn5)c4)cc3)ccn2)nc1. The molecule has 0 saturated heterocycles. The number of hydrogen-bond acceptors (Lipinski definition) is 4. The van der Waals surface area contributed by atoms with E-state index >= 15 is 0 Å². The van der Waals surface area contributed by atoms with Crippen molar-refractivity contribution < 1.29 is 0 Å². The molecule has 30 heavy (non-hydrogen) atoms. The Labute approximate surface area is 175 Å². The van der Waals surface area contributed by atoms with Gasteiger partial charge in [0, 0.05) is 24.8 Å². The van der Waals surface area contributed by atoms with Crippen molar-refractivity contribution in [3.05, 3.63) is 110 Å². The van der Waals surface area contributed by atoms with Gasteiger partial charge in [-0.15, -0.1) is 0 Å². The lowest BCUT2D eigenvalue weighted by Gasteiger charge is -2.08. The Kier molecular flexibility index (Phi) is 4.80. The molecule has 0 aliphatic carbocycles. The molecule has 1 aromatic carbocycles. The summed E-state index contributed by atoms with van der Waals surface area (Å²) in [5.41, 5.74) is 7.97. The number of aromatic nitrogens is 4. The highest BCUT2D eigenvalue weighted by Crippen LogP contribution is 2.28. The molecule has 4 heteroatoms. The first-order chi connectivity index (χ1) is 14.9. The Morgan fingerprint density at radius 2 is 0.767 bits per heavy atom. The number of hydrogen-bond donors (Lipinski definition) is 0. The van der Waals surface area contributed by atoms with E-state index in [1.807, 2.05) is 60.9 Å². The van der Waals surface area contributed by atoms with Crippen LogP contribution in [0.25, 0.3) is 45.0 Å². The minimum absolute atomic E-state index is 0.867. The van der Waals surface area contributed by atoms with Gasteiger partial charge in [0.25, 0.3) is 0 Å². The standard InChI is InChI=1S/C26H18N4/c1-3-13-27-23(5-1)25-17-21(11-15-29-25)19-7-9-20(10-8-19)22-12-16-30-26(18-22)24-6-2-4-14-28-24/h1-18H. The van der Waals surface area contributed by atoms with Crippen LogP contribution in [0.15, 0.2) is 110 Å². The Bertz CT molecular complexity index is 1170. The monoisotopic (exact) mass is 386 g/mol. The average Bonchev–Trinajstić information content (AvgIpc) is 2.85. The molecule has 0 atom stereocenters. The van der Waals surface area contributed by atoms with E-state index in [4.69, 9.17) is 0 Å². The molecule has 4 nitrogen and oxygen atoms in total. The molecule has 0 N–H and O–H groups in total. The molecule has 0 fully saturated rings. The number of benzene rings is 1. The fraction of sp³-hybridized carbons (Fsp3) is 0. The fourth-order valence-corrected chi connectivity index (χ4v) is 3.38. The van der Waals surface area contributed by atoms with Crippen LogP contribution in [-0.4, -0.2) is 19.9 Å². The van der Waals surface area contributed by atoms with E-state index in [9.17, 15) is 0 Å². The third kappa shape index (κ3) is 3.71.